The monoisotopic (exact) mass is 274 g/mol. The Morgan fingerprint density at radius 3 is 2.14 bits per heavy atom. The van der Waals surface area contributed by atoms with E-state index < -0.39 is 0 Å². The van der Waals surface area contributed by atoms with E-state index in [0.29, 0.717) is 11.8 Å². The van der Waals surface area contributed by atoms with Crippen molar-refractivity contribution < 1.29 is 0 Å². The van der Waals surface area contributed by atoms with E-state index in [1.54, 1.807) is 0 Å². The van der Waals surface area contributed by atoms with E-state index in [9.17, 15) is 0 Å². The minimum absolute atomic E-state index is 0.657. The lowest BCUT2D eigenvalue weighted by Crippen LogP contribution is -1.91. The zero-order valence-corrected chi connectivity index (χ0v) is 12.1. The topological polar surface area (TPSA) is 17.8 Å². The van der Waals surface area contributed by atoms with Crippen LogP contribution in [-0.2, 0) is 0 Å². The molecule has 1 aliphatic rings. The lowest BCUT2D eigenvalue weighted by atomic mass is 10.0. The first-order chi connectivity index (χ1) is 10.3. The molecule has 3 aromatic rings. The summed E-state index contributed by atoms with van der Waals surface area (Å²) in [5.41, 5.74) is 4.08. The van der Waals surface area contributed by atoms with Gasteiger partial charge in [0.15, 0.2) is 0 Å². The summed E-state index contributed by atoms with van der Waals surface area (Å²) >= 11 is 0. The second-order valence-corrected chi connectivity index (χ2v) is 5.88. The largest absolute Gasteiger partial charge is 0.306 e. The van der Waals surface area contributed by atoms with Crippen molar-refractivity contribution in [1.29, 1.82) is 0 Å². The fourth-order valence-corrected chi connectivity index (χ4v) is 3.44. The highest BCUT2D eigenvalue weighted by atomic mass is 15.0. The Labute approximate surface area is 125 Å². The van der Waals surface area contributed by atoms with Gasteiger partial charge in [0.2, 0.25) is 0 Å². The van der Waals surface area contributed by atoms with Crippen molar-refractivity contribution in [2.75, 3.05) is 0 Å². The summed E-state index contributed by atoms with van der Waals surface area (Å²) < 4.78 is 2.04. The first-order valence-corrected chi connectivity index (χ1v) is 7.48. The van der Waals surface area contributed by atoms with Crippen LogP contribution < -0.4 is 0 Å². The molecule has 1 aliphatic carbocycles. The third-order valence-corrected chi connectivity index (χ3v) is 4.64. The van der Waals surface area contributed by atoms with Gasteiger partial charge in [-0.1, -0.05) is 49.4 Å². The molecule has 21 heavy (non-hydrogen) atoms. The molecular weight excluding hydrogens is 256 g/mol. The summed E-state index contributed by atoms with van der Waals surface area (Å²) in [4.78, 5) is 4.10. The molecule has 0 bridgehead atoms. The predicted octanol–water partition coefficient (Wildman–Crippen LogP) is 4.39. The maximum absolute atomic E-state index is 4.10. The third-order valence-electron chi connectivity index (χ3n) is 4.64. The molecule has 0 saturated heterocycles. The second kappa shape index (κ2) is 4.88. The van der Waals surface area contributed by atoms with Crippen LogP contribution in [-0.4, -0.2) is 9.55 Å². The third kappa shape index (κ3) is 2.17. The molecule has 1 fully saturated rings. The Morgan fingerprint density at radius 2 is 1.52 bits per heavy atom. The summed E-state index contributed by atoms with van der Waals surface area (Å²) in [6, 6.07) is 19.8. The average molecular weight is 274 g/mol. The van der Waals surface area contributed by atoms with Crippen LogP contribution in [0.25, 0.3) is 5.69 Å². The van der Waals surface area contributed by atoms with Crippen molar-refractivity contribution in [3.8, 4) is 5.69 Å². The van der Waals surface area contributed by atoms with Crippen LogP contribution >= 0.6 is 0 Å². The Hall–Kier alpha value is -2.35. The summed E-state index contributed by atoms with van der Waals surface area (Å²) in [6.07, 6.45) is 5.62. The van der Waals surface area contributed by atoms with Crippen LogP contribution in [0.3, 0.4) is 0 Å². The first kappa shape index (κ1) is 12.4. The van der Waals surface area contributed by atoms with Gasteiger partial charge < -0.3 is 4.57 Å². The molecule has 0 radical (unpaired) electrons. The quantitative estimate of drug-likeness (QED) is 0.692. The van der Waals surface area contributed by atoms with Gasteiger partial charge in [-0.25, -0.2) is 4.98 Å². The molecule has 0 amide bonds. The fraction of sp³-hybridized carbons (Fsp3) is 0.211. The lowest BCUT2D eigenvalue weighted by Gasteiger charge is -2.05. The Balaban J connectivity index is 1.58. The molecule has 0 aliphatic heterocycles. The molecule has 1 aromatic heterocycles. The molecule has 0 N–H and O–H groups in total. The van der Waals surface area contributed by atoms with E-state index in [-0.39, 0.29) is 0 Å². The highest BCUT2D eigenvalue weighted by Gasteiger charge is 2.48. The van der Waals surface area contributed by atoms with Gasteiger partial charge in [0, 0.05) is 18.1 Å². The Kier molecular flexibility index (Phi) is 2.88. The number of rotatable bonds is 3. The number of aromatic nitrogens is 2. The number of hydrogen-bond acceptors (Lipinski definition) is 1. The highest BCUT2D eigenvalue weighted by molar-refractivity contribution is 5.42. The molecule has 2 nitrogen and oxygen atoms in total. The SMILES string of the molecule is C[C@@H]1[C@H](c2ccccc2)[C@H]1c1ccc(-n2ccnc2)cc1. The molecule has 0 unspecified atom stereocenters. The average Bonchev–Trinajstić information content (AvgIpc) is 2.97. The molecule has 104 valence electrons. The van der Waals surface area contributed by atoms with Crippen LogP contribution in [0, 0.1) is 5.92 Å². The molecule has 2 aromatic carbocycles. The minimum atomic E-state index is 0.657. The van der Waals surface area contributed by atoms with Crippen molar-refractivity contribution in [3.63, 3.8) is 0 Å². The van der Waals surface area contributed by atoms with Gasteiger partial charge in [0.1, 0.15) is 0 Å². The zero-order chi connectivity index (χ0) is 14.2. The van der Waals surface area contributed by atoms with E-state index in [2.05, 4.69) is 66.5 Å². The van der Waals surface area contributed by atoms with Gasteiger partial charge in [-0.05, 0) is 41.0 Å². The Bertz CT molecular complexity index is 714. The van der Waals surface area contributed by atoms with E-state index in [4.69, 9.17) is 0 Å². The molecule has 4 rings (SSSR count). The van der Waals surface area contributed by atoms with Gasteiger partial charge in [-0.3, -0.25) is 0 Å². The van der Waals surface area contributed by atoms with Crippen LogP contribution in [0.5, 0.6) is 0 Å². The van der Waals surface area contributed by atoms with Crippen molar-refractivity contribution in [3.05, 3.63) is 84.4 Å². The van der Waals surface area contributed by atoms with Gasteiger partial charge in [0.25, 0.3) is 0 Å². The van der Waals surface area contributed by atoms with Gasteiger partial charge in [0.05, 0.1) is 6.33 Å². The molecular formula is C19H18N2. The van der Waals surface area contributed by atoms with Gasteiger partial charge >= 0.3 is 0 Å². The summed E-state index contributed by atoms with van der Waals surface area (Å²) in [7, 11) is 0. The van der Waals surface area contributed by atoms with E-state index >= 15 is 0 Å². The minimum Gasteiger partial charge on any atom is -0.306 e. The maximum Gasteiger partial charge on any atom is 0.0991 e. The molecule has 1 heterocycles. The lowest BCUT2D eigenvalue weighted by molar-refractivity contribution is 0.895. The Morgan fingerprint density at radius 1 is 0.857 bits per heavy atom. The van der Waals surface area contributed by atoms with Gasteiger partial charge in [-0.2, -0.15) is 0 Å². The zero-order valence-electron chi connectivity index (χ0n) is 12.1. The van der Waals surface area contributed by atoms with Crippen LogP contribution in [0.1, 0.15) is 29.9 Å². The normalized spacial score (nSPS) is 24.0. The summed E-state index contributed by atoms with van der Waals surface area (Å²) in [6.45, 7) is 2.35. The second-order valence-electron chi connectivity index (χ2n) is 5.88. The number of nitrogens with zero attached hydrogens (tertiary/aromatic N) is 2. The molecule has 0 spiro atoms. The summed E-state index contributed by atoms with van der Waals surface area (Å²) in [5, 5.41) is 0. The van der Waals surface area contributed by atoms with Crippen molar-refractivity contribution >= 4 is 0 Å². The number of benzene rings is 2. The van der Waals surface area contributed by atoms with Crippen molar-refractivity contribution in [2.24, 2.45) is 5.92 Å². The first-order valence-electron chi connectivity index (χ1n) is 7.48. The van der Waals surface area contributed by atoms with E-state index in [1.807, 2.05) is 23.3 Å². The van der Waals surface area contributed by atoms with E-state index in [0.717, 1.165) is 5.92 Å². The number of imidazole rings is 1. The number of hydrogen-bond donors (Lipinski definition) is 0. The van der Waals surface area contributed by atoms with Crippen LogP contribution in [0.4, 0.5) is 0 Å². The van der Waals surface area contributed by atoms with Crippen molar-refractivity contribution in [1.82, 2.24) is 9.55 Å². The van der Waals surface area contributed by atoms with Crippen LogP contribution in [0.2, 0.25) is 0 Å². The standard InChI is InChI=1S/C19H18N2/c1-14-18(15-5-3-2-4-6-15)19(14)16-7-9-17(10-8-16)21-12-11-20-13-21/h2-14,18-19H,1H3/t14-,18-,19-/m1/s1. The predicted molar refractivity (Wildman–Crippen MR) is 84.7 cm³/mol. The molecule has 3 atom stereocenters. The van der Waals surface area contributed by atoms with E-state index in [1.165, 1.54) is 16.8 Å². The van der Waals surface area contributed by atoms with Crippen LogP contribution in [0.15, 0.2) is 73.3 Å². The van der Waals surface area contributed by atoms with Gasteiger partial charge in [-0.15, -0.1) is 0 Å². The molecule has 2 heteroatoms. The smallest absolute Gasteiger partial charge is 0.0991 e. The fourth-order valence-electron chi connectivity index (χ4n) is 3.44. The molecule has 1 saturated carbocycles. The highest BCUT2D eigenvalue weighted by Crippen LogP contribution is 2.60. The van der Waals surface area contributed by atoms with Crippen molar-refractivity contribution in [2.45, 2.75) is 18.8 Å². The maximum atomic E-state index is 4.10. The summed E-state index contributed by atoms with van der Waals surface area (Å²) in [5.74, 6) is 2.06.